The van der Waals surface area contributed by atoms with Crippen LogP contribution in [0.2, 0.25) is 5.02 Å². The van der Waals surface area contributed by atoms with Crippen molar-refractivity contribution in [1.82, 2.24) is 14.5 Å². The summed E-state index contributed by atoms with van der Waals surface area (Å²) in [6.45, 7) is 2.90. The summed E-state index contributed by atoms with van der Waals surface area (Å²) in [5.41, 5.74) is 7.30. The molecule has 0 radical (unpaired) electrons. The SMILES string of the molecule is CN1CCC(Cn2c(N)nc3cc(Cl)c(F)cc32)C1. The van der Waals surface area contributed by atoms with Gasteiger partial charge >= 0.3 is 0 Å². The fraction of sp³-hybridized carbons (Fsp3) is 0.462. The molecule has 1 saturated heterocycles. The van der Waals surface area contributed by atoms with E-state index in [1.165, 1.54) is 12.1 Å². The lowest BCUT2D eigenvalue weighted by molar-refractivity contribution is 0.380. The van der Waals surface area contributed by atoms with Crippen molar-refractivity contribution in [2.75, 3.05) is 25.9 Å². The first-order valence-electron chi connectivity index (χ1n) is 6.34. The lowest BCUT2D eigenvalue weighted by Gasteiger charge is -2.13. The fourth-order valence-corrected chi connectivity index (χ4v) is 2.92. The first kappa shape index (κ1) is 12.7. The summed E-state index contributed by atoms with van der Waals surface area (Å²) in [5, 5.41) is 0.0812. The van der Waals surface area contributed by atoms with E-state index >= 15 is 0 Å². The second-order valence-electron chi connectivity index (χ2n) is 5.25. The van der Waals surface area contributed by atoms with Crippen LogP contribution in [0.5, 0.6) is 0 Å². The van der Waals surface area contributed by atoms with Crippen LogP contribution in [-0.4, -0.2) is 34.6 Å². The summed E-state index contributed by atoms with van der Waals surface area (Å²) in [6.07, 6.45) is 1.13. The van der Waals surface area contributed by atoms with Crippen molar-refractivity contribution < 1.29 is 4.39 Å². The number of imidazole rings is 1. The lowest BCUT2D eigenvalue weighted by atomic mass is 10.1. The maximum Gasteiger partial charge on any atom is 0.201 e. The van der Waals surface area contributed by atoms with Crippen molar-refractivity contribution in [2.45, 2.75) is 13.0 Å². The van der Waals surface area contributed by atoms with Crippen LogP contribution in [0.3, 0.4) is 0 Å². The number of likely N-dealkylation sites (tertiary alicyclic amines) is 1. The highest BCUT2D eigenvalue weighted by Gasteiger charge is 2.22. The molecule has 0 bridgehead atoms. The normalized spacial score (nSPS) is 20.5. The third kappa shape index (κ3) is 2.28. The summed E-state index contributed by atoms with van der Waals surface area (Å²) >= 11 is 5.77. The Labute approximate surface area is 116 Å². The van der Waals surface area contributed by atoms with Crippen molar-refractivity contribution in [3.8, 4) is 0 Å². The first-order chi connectivity index (χ1) is 9.04. The van der Waals surface area contributed by atoms with Crippen LogP contribution in [-0.2, 0) is 6.54 Å². The van der Waals surface area contributed by atoms with Crippen LogP contribution in [0.15, 0.2) is 12.1 Å². The Morgan fingerprint density at radius 3 is 3.00 bits per heavy atom. The summed E-state index contributed by atoms with van der Waals surface area (Å²) in [6, 6.07) is 2.94. The van der Waals surface area contributed by atoms with Gasteiger partial charge in [0.25, 0.3) is 0 Å². The molecule has 1 aromatic heterocycles. The molecule has 19 heavy (non-hydrogen) atoms. The molecule has 2 N–H and O–H groups in total. The molecule has 6 heteroatoms. The van der Waals surface area contributed by atoms with Gasteiger partial charge in [0, 0.05) is 19.2 Å². The zero-order chi connectivity index (χ0) is 13.6. The Morgan fingerprint density at radius 2 is 2.32 bits per heavy atom. The van der Waals surface area contributed by atoms with Crippen molar-refractivity contribution in [3.05, 3.63) is 23.0 Å². The van der Waals surface area contributed by atoms with E-state index in [1.807, 2.05) is 4.57 Å². The van der Waals surface area contributed by atoms with Gasteiger partial charge in [-0.2, -0.15) is 0 Å². The second kappa shape index (κ2) is 4.65. The standard InChI is InChI=1S/C13H16ClFN4/c1-18-3-2-8(6-18)7-19-12-5-10(15)9(14)4-11(12)17-13(19)16/h4-5,8H,2-3,6-7H2,1H3,(H2,16,17). The van der Waals surface area contributed by atoms with E-state index in [-0.39, 0.29) is 5.02 Å². The third-order valence-electron chi connectivity index (χ3n) is 3.75. The molecule has 1 unspecified atom stereocenters. The van der Waals surface area contributed by atoms with Gasteiger partial charge in [-0.3, -0.25) is 0 Å². The van der Waals surface area contributed by atoms with Gasteiger partial charge in [0.2, 0.25) is 5.95 Å². The quantitative estimate of drug-likeness (QED) is 0.920. The van der Waals surface area contributed by atoms with Crippen LogP contribution in [0, 0.1) is 11.7 Å². The first-order valence-corrected chi connectivity index (χ1v) is 6.71. The van der Waals surface area contributed by atoms with Gasteiger partial charge in [0.1, 0.15) is 5.82 Å². The maximum absolute atomic E-state index is 13.6. The molecule has 1 atom stereocenters. The largest absolute Gasteiger partial charge is 0.369 e. The average Bonchev–Trinajstić information content (AvgIpc) is 2.87. The van der Waals surface area contributed by atoms with Crippen molar-refractivity contribution in [3.63, 3.8) is 0 Å². The van der Waals surface area contributed by atoms with E-state index in [1.54, 1.807) is 0 Å². The number of rotatable bonds is 2. The number of nitrogens with two attached hydrogens (primary N) is 1. The second-order valence-corrected chi connectivity index (χ2v) is 5.66. The number of hydrogen-bond donors (Lipinski definition) is 1. The predicted molar refractivity (Wildman–Crippen MR) is 74.7 cm³/mol. The molecule has 0 spiro atoms. The minimum atomic E-state index is -0.432. The minimum absolute atomic E-state index is 0.0812. The molecule has 102 valence electrons. The molecule has 4 nitrogen and oxygen atoms in total. The van der Waals surface area contributed by atoms with Crippen LogP contribution >= 0.6 is 11.6 Å². The fourth-order valence-electron chi connectivity index (χ4n) is 2.76. The zero-order valence-electron chi connectivity index (χ0n) is 10.7. The molecular weight excluding hydrogens is 267 g/mol. The van der Waals surface area contributed by atoms with E-state index in [0.29, 0.717) is 22.9 Å². The molecule has 0 amide bonds. The minimum Gasteiger partial charge on any atom is -0.369 e. The highest BCUT2D eigenvalue weighted by atomic mass is 35.5. The van der Waals surface area contributed by atoms with Crippen LogP contribution in [0.1, 0.15) is 6.42 Å². The highest BCUT2D eigenvalue weighted by molar-refractivity contribution is 6.31. The molecule has 1 aromatic carbocycles. The zero-order valence-corrected chi connectivity index (χ0v) is 11.5. The van der Waals surface area contributed by atoms with Gasteiger partial charge < -0.3 is 15.2 Å². The number of aromatic nitrogens is 2. The number of anilines is 1. The number of hydrogen-bond acceptors (Lipinski definition) is 3. The van der Waals surface area contributed by atoms with E-state index in [0.717, 1.165) is 26.1 Å². The Bertz CT molecular complexity index is 625. The molecule has 1 aliphatic heterocycles. The Hall–Kier alpha value is -1.33. The van der Waals surface area contributed by atoms with Gasteiger partial charge in [0.15, 0.2) is 0 Å². The van der Waals surface area contributed by atoms with Gasteiger partial charge in [-0.15, -0.1) is 0 Å². The smallest absolute Gasteiger partial charge is 0.201 e. The summed E-state index contributed by atoms with van der Waals surface area (Å²) in [5.74, 6) is 0.522. The Balaban J connectivity index is 1.98. The Kier molecular flexibility index (Phi) is 3.11. The summed E-state index contributed by atoms with van der Waals surface area (Å²) in [4.78, 5) is 6.54. The molecule has 0 aliphatic carbocycles. The Morgan fingerprint density at radius 1 is 1.53 bits per heavy atom. The van der Waals surface area contributed by atoms with E-state index in [4.69, 9.17) is 17.3 Å². The molecule has 2 aromatic rings. The topological polar surface area (TPSA) is 47.1 Å². The van der Waals surface area contributed by atoms with Gasteiger partial charge in [0.05, 0.1) is 16.1 Å². The monoisotopic (exact) mass is 282 g/mol. The molecule has 2 heterocycles. The van der Waals surface area contributed by atoms with Crippen molar-refractivity contribution in [2.24, 2.45) is 5.92 Å². The van der Waals surface area contributed by atoms with Gasteiger partial charge in [-0.05, 0) is 32.0 Å². The van der Waals surface area contributed by atoms with Crippen LogP contribution in [0.4, 0.5) is 10.3 Å². The number of nitrogens with zero attached hydrogens (tertiary/aromatic N) is 3. The molecule has 1 aliphatic rings. The van der Waals surface area contributed by atoms with E-state index in [9.17, 15) is 4.39 Å². The van der Waals surface area contributed by atoms with Gasteiger partial charge in [-0.1, -0.05) is 11.6 Å². The number of fused-ring (bicyclic) bond motifs is 1. The summed E-state index contributed by atoms with van der Waals surface area (Å²) in [7, 11) is 2.11. The lowest BCUT2D eigenvalue weighted by Crippen LogP contribution is -2.17. The van der Waals surface area contributed by atoms with Gasteiger partial charge in [-0.25, -0.2) is 9.37 Å². The average molecular weight is 283 g/mol. The van der Waals surface area contributed by atoms with Crippen molar-refractivity contribution >= 4 is 28.6 Å². The molecule has 0 saturated carbocycles. The molecular formula is C13H16ClFN4. The molecule has 3 rings (SSSR count). The number of benzene rings is 1. The van der Waals surface area contributed by atoms with E-state index < -0.39 is 5.82 Å². The number of nitrogen functional groups attached to an aromatic ring is 1. The van der Waals surface area contributed by atoms with Crippen molar-refractivity contribution in [1.29, 1.82) is 0 Å². The van der Waals surface area contributed by atoms with Crippen LogP contribution in [0.25, 0.3) is 11.0 Å². The third-order valence-corrected chi connectivity index (χ3v) is 4.04. The van der Waals surface area contributed by atoms with E-state index in [2.05, 4.69) is 16.9 Å². The molecule has 1 fully saturated rings. The number of halogens is 2. The maximum atomic E-state index is 13.6. The highest BCUT2D eigenvalue weighted by Crippen LogP contribution is 2.27. The van der Waals surface area contributed by atoms with Crippen LogP contribution < -0.4 is 5.73 Å². The predicted octanol–water partition coefficient (Wildman–Crippen LogP) is 2.36. The summed E-state index contributed by atoms with van der Waals surface area (Å²) < 4.78 is 15.5.